The second-order valence-electron chi connectivity index (χ2n) is 4.89. The summed E-state index contributed by atoms with van der Waals surface area (Å²) in [7, 11) is 3.17. The highest BCUT2D eigenvalue weighted by Crippen LogP contribution is 2.27. The number of aliphatic carboxylic acids is 1. The van der Waals surface area contributed by atoms with Crippen molar-refractivity contribution >= 4 is 11.9 Å². The van der Waals surface area contributed by atoms with Crippen molar-refractivity contribution in [2.45, 2.75) is 32.1 Å². The number of rotatable bonds is 10. The molecule has 0 bridgehead atoms. The number of carboxylic acids is 1. The first-order valence-corrected chi connectivity index (χ1v) is 7.26. The molecule has 1 amide bonds. The number of methoxy groups -OCH3 is 2. The highest BCUT2D eigenvalue weighted by atomic mass is 16.5. The third-order valence-electron chi connectivity index (χ3n) is 3.23. The van der Waals surface area contributed by atoms with E-state index in [1.807, 2.05) is 18.2 Å². The maximum Gasteiger partial charge on any atom is 0.303 e. The molecule has 0 atom stereocenters. The van der Waals surface area contributed by atoms with Crippen molar-refractivity contribution in [3.8, 4) is 11.5 Å². The van der Waals surface area contributed by atoms with Crippen LogP contribution in [0.5, 0.6) is 11.5 Å². The van der Waals surface area contributed by atoms with E-state index in [0.29, 0.717) is 43.7 Å². The van der Waals surface area contributed by atoms with Gasteiger partial charge in [0.25, 0.3) is 0 Å². The van der Waals surface area contributed by atoms with Gasteiger partial charge in [-0.05, 0) is 37.0 Å². The summed E-state index contributed by atoms with van der Waals surface area (Å²) >= 11 is 0. The molecule has 0 spiro atoms. The van der Waals surface area contributed by atoms with Crippen LogP contribution in [0.1, 0.15) is 31.2 Å². The number of carboxylic acid groups (broad SMARTS) is 1. The Balaban J connectivity index is 2.29. The minimum Gasteiger partial charge on any atom is -0.493 e. The van der Waals surface area contributed by atoms with Crippen LogP contribution in [0.4, 0.5) is 0 Å². The van der Waals surface area contributed by atoms with Crippen molar-refractivity contribution < 1.29 is 24.2 Å². The van der Waals surface area contributed by atoms with Crippen molar-refractivity contribution in [2.24, 2.45) is 0 Å². The van der Waals surface area contributed by atoms with Gasteiger partial charge in [-0.1, -0.05) is 6.07 Å². The van der Waals surface area contributed by atoms with E-state index in [9.17, 15) is 9.59 Å². The number of unbranched alkanes of at least 4 members (excludes halogenated alkanes) is 1. The van der Waals surface area contributed by atoms with Gasteiger partial charge in [-0.15, -0.1) is 0 Å². The van der Waals surface area contributed by atoms with E-state index >= 15 is 0 Å². The lowest BCUT2D eigenvalue weighted by Gasteiger charge is -2.10. The molecule has 0 aliphatic heterocycles. The molecule has 0 saturated heterocycles. The van der Waals surface area contributed by atoms with Crippen LogP contribution in [0.15, 0.2) is 18.2 Å². The monoisotopic (exact) mass is 309 g/mol. The molecule has 1 rings (SSSR count). The Morgan fingerprint density at radius 1 is 1.09 bits per heavy atom. The summed E-state index contributed by atoms with van der Waals surface area (Å²) in [4.78, 5) is 21.9. The molecule has 122 valence electrons. The van der Waals surface area contributed by atoms with E-state index < -0.39 is 5.97 Å². The summed E-state index contributed by atoms with van der Waals surface area (Å²) in [6.45, 7) is 0.535. The number of nitrogens with one attached hydrogen (secondary N) is 1. The summed E-state index contributed by atoms with van der Waals surface area (Å²) in [5.74, 6) is 0.466. The Labute approximate surface area is 130 Å². The molecule has 2 N–H and O–H groups in total. The minimum absolute atomic E-state index is 0.0501. The summed E-state index contributed by atoms with van der Waals surface area (Å²) in [5.41, 5.74) is 1.05. The van der Waals surface area contributed by atoms with Crippen molar-refractivity contribution in [1.82, 2.24) is 5.32 Å². The van der Waals surface area contributed by atoms with E-state index in [1.54, 1.807) is 14.2 Å². The highest BCUT2D eigenvalue weighted by Gasteiger charge is 2.06. The molecule has 6 nitrogen and oxygen atoms in total. The van der Waals surface area contributed by atoms with Crippen LogP contribution in [0, 0.1) is 0 Å². The fraction of sp³-hybridized carbons (Fsp3) is 0.500. The zero-order valence-corrected chi connectivity index (χ0v) is 13.1. The Morgan fingerprint density at radius 3 is 2.41 bits per heavy atom. The molecular formula is C16H23NO5. The van der Waals surface area contributed by atoms with Gasteiger partial charge in [0, 0.05) is 19.4 Å². The predicted molar refractivity (Wildman–Crippen MR) is 82.4 cm³/mol. The van der Waals surface area contributed by atoms with Gasteiger partial charge in [-0.25, -0.2) is 0 Å². The number of hydrogen-bond donors (Lipinski definition) is 2. The third-order valence-corrected chi connectivity index (χ3v) is 3.23. The van der Waals surface area contributed by atoms with Gasteiger partial charge in [0.15, 0.2) is 11.5 Å². The van der Waals surface area contributed by atoms with Crippen LogP contribution >= 0.6 is 0 Å². The number of amides is 1. The van der Waals surface area contributed by atoms with Gasteiger partial charge in [0.1, 0.15) is 0 Å². The van der Waals surface area contributed by atoms with E-state index in [4.69, 9.17) is 14.6 Å². The molecule has 0 aliphatic carbocycles. The topological polar surface area (TPSA) is 84.9 Å². The molecule has 0 aliphatic rings. The normalized spacial score (nSPS) is 10.1. The first-order chi connectivity index (χ1) is 10.6. The zero-order valence-electron chi connectivity index (χ0n) is 13.1. The summed E-state index contributed by atoms with van der Waals surface area (Å²) < 4.78 is 10.4. The molecule has 0 unspecified atom stereocenters. The van der Waals surface area contributed by atoms with Crippen LogP contribution in [-0.4, -0.2) is 37.7 Å². The predicted octanol–water partition coefficient (Wildman–Crippen LogP) is 2.01. The van der Waals surface area contributed by atoms with Gasteiger partial charge >= 0.3 is 5.97 Å². The number of hydrogen-bond acceptors (Lipinski definition) is 4. The maximum atomic E-state index is 11.6. The molecule has 0 radical (unpaired) electrons. The molecule has 0 aromatic heterocycles. The number of carbonyl (C=O) groups excluding carboxylic acids is 1. The SMILES string of the molecule is COc1ccc(CCNC(=O)CCCCC(=O)O)cc1OC. The molecule has 6 heteroatoms. The van der Waals surface area contributed by atoms with Gasteiger partial charge < -0.3 is 19.9 Å². The molecule has 1 aromatic carbocycles. The lowest BCUT2D eigenvalue weighted by molar-refractivity contribution is -0.137. The Kier molecular flexibility index (Phi) is 7.81. The Hall–Kier alpha value is -2.24. The molecule has 22 heavy (non-hydrogen) atoms. The highest BCUT2D eigenvalue weighted by molar-refractivity contribution is 5.75. The zero-order chi connectivity index (χ0) is 16.4. The average molecular weight is 309 g/mol. The molecule has 0 fully saturated rings. The largest absolute Gasteiger partial charge is 0.493 e. The second-order valence-corrected chi connectivity index (χ2v) is 4.89. The van der Waals surface area contributed by atoms with Gasteiger partial charge in [0.05, 0.1) is 14.2 Å². The smallest absolute Gasteiger partial charge is 0.303 e. The van der Waals surface area contributed by atoms with Crippen molar-refractivity contribution in [3.05, 3.63) is 23.8 Å². The number of carbonyl (C=O) groups is 2. The van der Waals surface area contributed by atoms with E-state index in [1.165, 1.54) is 0 Å². The maximum absolute atomic E-state index is 11.6. The molecular weight excluding hydrogens is 286 g/mol. The molecule has 0 heterocycles. The minimum atomic E-state index is -0.825. The standard InChI is InChI=1S/C16H23NO5/c1-21-13-8-7-12(11-14(13)22-2)9-10-17-15(18)5-3-4-6-16(19)20/h7-8,11H,3-6,9-10H2,1-2H3,(H,17,18)(H,19,20). The number of ether oxygens (including phenoxy) is 2. The number of benzene rings is 1. The molecule has 1 aromatic rings. The van der Waals surface area contributed by atoms with Crippen LogP contribution < -0.4 is 14.8 Å². The summed E-state index contributed by atoms with van der Waals surface area (Å²) in [6.07, 6.45) is 2.28. The van der Waals surface area contributed by atoms with Crippen molar-refractivity contribution in [2.75, 3.05) is 20.8 Å². The van der Waals surface area contributed by atoms with Crippen LogP contribution in [0.2, 0.25) is 0 Å². The fourth-order valence-corrected chi connectivity index (χ4v) is 2.03. The Bertz CT molecular complexity index is 501. The Morgan fingerprint density at radius 2 is 1.77 bits per heavy atom. The molecule has 0 saturated carbocycles. The first kappa shape index (κ1) is 17.8. The summed E-state index contributed by atoms with van der Waals surface area (Å²) in [5, 5.41) is 11.3. The first-order valence-electron chi connectivity index (χ1n) is 7.26. The van der Waals surface area contributed by atoms with Gasteiger partial charge in [0.2, 0.25) is 5.91 Å². The quantitative estimate of drug-likeness (QED) is 0.646. The lowest BCUT2D eigenvalue weighted by atomic mass is 10.1. The van der Waals surface area contributed by atoms with Gasteiger partial charge in [-0.3, -0.25) is 9.59 Å². The average Bonchev–Trinajstić information content (AvgIpc) is 2.51. The van der Waals surface area contributed by atoms with Crippen molar-refractivity contribution in [3.63, 3.8) is 0 Å². The summed E-state index contributed by atoms with van der Waals surface area (Å²) in [6, 6.07) is 5.65. The van der Waals surface area contributed by atoms with E-state index in [0.717, 1.165) is 5.56 Å². The van der Waals surface area contributed by atoms with Crippen LogP contribution in [0.3, 0.4) is 0 Å². The van der Waals surface area contributed by atoms with E-state index in [-0.39, 0.29) is 12.3 Å². The fourth-order valence-electron chi connectivity index (χ4n) is 2.03. The van der Waals surface area contributed by atoms with E-state index in [2.05, 4.69) is 5.32 Å². The second kappa shape index (κ2) is 9.65. The third kappa shape index (κ3) is 6.47. The van der Waals surface area contributed by atoms with Crippen LogP contribution in [0.25, 0.3) is 0 Å². The van der Waals surface area contributed by atoms with Gasteiger partial charge in [-0.2, -0.15) is 0 Å². The van der Waals surface area contributed by atoms with Crippen LogP contribution in [-0.2, 0) is 16.0 Å². The lowest BCUT2D eigenvalue weighted by Crippen LogP contribution is -2.25. The van der Waals surface area contributed by atoms with Crippen molar-refractivity contribution in [1.29, 1.82) is 0 Å².